The number of sulfonamides is 1. The second-order valence-electron chi connectivity index (χ2n) is 5.82. The fourth-order valence-electron chi connectivity index (χ4n) is 1.77. The van der Waals surface area contributed by atoms with E-state index in [0.29, 0.717) is 25.4 Å². The first-order chi connectivity index (χ1) is 9.20. The van der Waals surface area contributed by atoms with Gasteiger partial charge in [-0.05, 0) is 39.3 Å². The van der Waals surface area contributed by atoms with Crippen LogP contribution in [0.1, 0.15) is 46.8 Å². The minimum absolute atomic E-state index is 0.0264. The zero-order valence-electron chi connectivity index (χ0n) is 13.1. The second kappa shape index (κ2) is 6.74. The summed E-state index contributed by atoms with van der Waals surface area (Å²) in [6, 6.07) is 3.25. The van der Waals surface area contributed by atoms with Gasteiger partial charge in [0.25, 0.3) is 10.0 Å². The number of hydrogen-bond acceptors (Lipinski definition) is 4. The zero-order valence-corrected chi connectivity index (χ0v) is 13.9. The van der Waals surface area contributed by atoms with E-state index < -0.39 is 10.0 Å². The molecule has 5 nitrogen and oxygen atoms in total. The maximum Gasteiger partial charge on any atom is 0.276 e. The monoisotopic (exact) mass is 302 g/mol. The molecule has 0 saturated heterocycles. The summed E-state index contributed by atoms with van der Waals surface area (Å²) in [5, 5.41) is 3.30. The Hall–Kier alpha value is -0.850. The molecule has 0 aliphatic rings. The van der Waals surface area contributed by atoms with Gasteiger partial charge in [-0.25, -0.2) is 8.42 Å². The van der Waals surface area contributed by atoms with Gasteiger partial charge < -0.3 is 9.73 Å². The molecule has 0 radical (unpaired) electrons. The van der Waals surface area contributed by atoms with Crippen molar-refractivity contribution in [2.24, 2.45) is 0 Å². The highest BCUT2D eigenvalue weighted by Crippen LogP contribution is 2.19. The standard InChI is InChI=1S/C14H26N2O3S/c1-6-10-16(7-2)20(17,18)13-9-8-12(19-13)11-15-14(3,4)5/h8-9,15H,6-7,10-11H2,1-5H3. The molecule has 1 aromatic rings. The molecule has 0 aliphatic heterocycles. The van der Waals surface area contributed by atoms with Crippen LogP contribution in [-0.2, 0) is 16.6 Å². The van der Waals surface area contributed by atoms with E-state index in [1.54, 1.807) is 6.07 Å². The molecule has 0 spiro atoms. The van der Waals surface area contributed by atoms with E-state index in [0.717, 1.165) is 6.42 Å². The van der Waals surface area contributed by atoms with E-state index in [-0.39, 0.29) is 10.6 Å². The average Bonchev–Trinajstić information content (AvgIpc) is 2.81. The third-order valence-corrected chi connectivity index (χ3v) is 4.70. The van der Waals surface area contributed by atoms with Gasteiger partial charge in [-0.15, -0.1) is 0 Å². The summed E-state index contributed by atoms with van der Waals surface area (Å²) in [6.45, 7) is 11.4. The van der Waals surface area contributed by atoms with Gasteiger partial charge >= 0.3 is 0 Å². The highest BCUT2D eigenvalue weighted by Gasteiger charge is 2.26. The molecule has 20 heavy (non-hydrogen) atoms. The molecule has 0 amide bonds. The molecule has 0 atom stereocenters. The normalized spacial score (nSPS) is 13.1. The summed E-state index contributed by atoms with van der Waals surface area (Å²) in [5.41, 5.74) is -0.0382. The lowest BCUT2D eigenvalue weighted by Crippen LogP contribution is -2.35. The highest BCUT2D eigenvalue weighted by atomic mass is 32.2. The molecule has 1 N–H and O–H groups in total. The summed E-state index contributed by atoms with van der Waals surface area (Å²) in [5.74, 6) is 0.631. The Balaban J connectivity index is 2.85. The van der Waals surface area contributed by atoms with Crippen LogP contribution in [0.2, 0.25) is 0 Å². The topological polar surface area (TPSA) is 62.6 Å². The van der Waals surface area contributed by atoms with Crippen molar-refractivity contribution in [3.8, 4) is 0 Å². The van der Waals surface area contributed by atoms with Gasteiger partial charge in [-0.2, -0.15) is 4.31 Å². The van der Waals surface area contributed by atoms with Gasteiger partial charge in [0.15, 0.2) is 0 Å². The molecule has 1 aromatic heterocycles. The van der Waals surface area contributed by atoms with Crippen molar-refractivity contribution in [1.29, 1.82) is 0 Å². The maximum atomic E-state index is 12.4. The lowest BCUT2D eigenvalue weighted by atomic mass is 10.1. The van der Waals surface area contributed by atoms with Gasteiger partial charge in [0.05, 0.1) is 6.54 Å². The first-order valence-electron chi connectivity index (χ1n) is 7.04. The van der Waals surface area contributed by atoms with Gasteiger partial charge in [0.2, 0.25) is 5.09 Å². The smallest absolute Gasteiger partial charge is 0.276 e. The molecule has 0 aromatic carbocycles. The van der Waals surface area contributed by atoms with E-state index in [9.17, 15) is 8.42 Å². The van der Waals surface area contributed by atoms with Crippen LogP contribution in [0, 0.1) is 0 Å². The van der Waals surface area contributed by atoms with E-state index in [2.05, 4.69) is 5.32 Å². The van der Waals surface area contributed by atoms with Crippen molar-refractivity contribution in [2.45, 2.75) is 58.2 Å². The van der Waals surface area contributed by atoms with Crippen LogP contribution in [0.3, 0.4) is 0 Å². The summed E-state index contributed by atoms with van der Waals surface area (Å²) in [7, 11) is -3.51. The molecule has 1 heterocycles. The predicted octanol–water partition coefficient (Wildman–Crippen LogP) is 2.59. The summed E-state index contributed by atoms with van der Waals surface area (Å²) in [6.07, 6.45) is 0.784. The predicted molar refractivity (Wildman–Crippen MR) is 80.0 cm³/mol. The third kappa shape index (κ3) is 4.61. The van der Waals surface area contributed by atoms with Crippen molar-refractivity contribution < 1.29 is 12.8 Å². The summed E-state index contributed by atoms with van der Waals surface area (Å²) >= 11 is 0. The van der Waals surface area contributed by atoms with Crippen LogP contribution < -0.4 is 5.32 Å². The Bertz CT molecular complexity index is 515. The van der Waals surface area contributed by atoms with E-state index in [1.165, 1.54) is 10.4 Å². The maximum absolute atomic E-state index is 12.4. The molecule has 0 unspecified atom stereocenters. The minimum Gasteiger partial charge on any atom is -0.447 e. The second-order valence-corrected chi connectivity index (χ2v) is 7.69. The van der Waals surface area contributed by atoms with Crippen LogP contribution in [0.15, 0.2) is 21.6 Å². The zero-order chi connectivity index (χ0) is 15.4. The summed E-state index contributed by atoms with van der Waals surface area (Å²) < 4.78 is 31.7. The van der Waals surface area contributed by atoms with Crippen LogP contribution in [-0.4, -0.2) is 31.4 Å². The molecule has 1 rings (SSSR count). The number of nitrogens with zero attached hydrogens (tertiary/aromatic N) is 1. The fourth-order valence-corrected chi connectivity index (χ4v) is 3.24. The first kappa shape index (κ1) is 17.2. The van der Waals surface area contributed by atoms with Crippen molar-refractivity contribution in [1.82, 2.24) is 9.62 Å². The van der Waals surface area contributed by atoms with Crippen LogP contribution in [0.25, 0.3) is 0 Å². The number of furan rings is 1. The van der Waals surface area contributed by atoms with Crippen LogP contribution in [0.5, 0.6) is 0 Å². The van der Waals surface area contributed by atoms with Crippen molar-refractivity contribution in [3.63, 3.8) is 0 Å². The molecular weight excluding hydrogens is 276 g/mol. The molecular formula is C14H26N2O3S. The fraction of sp³-hybridized carbons (Fsp3) is 0.714. The molecule has 6 heteroatoms. The Morgan fingerprint density at radius 3 is 2.40 bits per heavy atom. The summed E-state index contributed by atoms with van der Waals surface area (Å²) in [4.78, 5) is 0. The number of rotatable bonds is 7. The lowest BCUT2D eigenvalue weighted by Gasteiger charge is -2.19. The van der Waals surface area contributed by atoms with Crippen molar-refractivity contribution in [2.75, 3.05) is 13.1 Å². The highest BCUT2D eigenvalue weighted by molar-refractivity contribution is 7.89. The minimum atomic E-state index is -3.51. The van der Waals surface area contributed by atoms with Gasteiger partial charge in [0.1, 0.15) is 5.76 Å². The van der Waals surface area contributed by atoms with Crippen molar-refractivity contribution in [3.05, 3.63) is 17.9 Å². The molecule has 0 fully saturated rings. The van der Waals surface area contributed by atoms with Crippen LogP contribution in [0.4, 0.5) is 0 Å². The quantitative estimate of drug-likeness (QED) is 0.841. The van der Waals surface area contributed by atoms with E-state index in [1.807, 2.05) is 34.6 Å². The van der Waals surface area contributed by atoms with Gasteiger partial charge in [-0.3, -0.25) is 0 Å². The first-order valence-corrected chi connectivity index (χ1v) is 8.48. The third-order valence-electron chi connectivity index (χ3n) is 2.85. The largest absolute Gasteiger partial charge is 0.447 e. The van der Waals surface area contributed by atoms with Crippen molar-refractivity contribution >= 4 is 10.0 Å². The van der Waals surface area contributed by atoms with Gasteiger partial charge in [0, 0.05) is 18.6 Å². The number of nitrogens with one attached hydrogen (secondary N) is 1. The average molecular weight is 302 g/mol. The Kier molecular flexibility index (Phi) is 5.79. The number of hydrogen-bond donors (Lipinski definition) is 1. The van der Waals surface area contributed by atoms with Crippen LogP contribution >= 0.6 is 0 Å². The molecule has 0 saturated carbocycles. The molecule has 0 bridgehead atoms. The molecule has 116 valence electrons. The lowest BCUT2D eigenvalue weighted by molar-refractivity contribution is 0.347. The SMILES string of the molecule is CCCN(CC)S(=O)(=O)c1ccc(CNC(C)(C)C)o1. The Labute approximate surface area is 122 Å². The Morgan fingerprint density at radius 2 is 1.90 bits per heavy atom. The Morgan fingerprint density at radius 1 is 1.25 bits per heavy atom. The van der Waals surface area contributed by atoms with E-state index >= 15 is 0 Å². The molecule has 0 aliphatic carbocycles. The van der Waals surface area contributed by atoms with E-state index in [4.69, 9.17) is 4.42 Å². The van der Waals surface area contributed by atoms with Gasteiger partial charge in [-0.1, -0.05) is 13.8 Å².